The minimum absolute atomic E-state index is 0.00678. The second kappa shape index (κ2) is 7.49. The maximum Gasteiger partial charge on any atom is 0.242 e. The number of rotatable bonds is 5. The van der Waals surface area contributed by atoms with Gasteiger partial charge in [-0.05, 0) is 6.42 Å². The number of carbonyl (C=O) groups is 3. The van der Waals surface area contributed by atoms with Crippen LogP contribution in [-0.2, 0) is 20.9 Å². The van der Waals surface area contributed by atoms with Gasteiger partial charge in [0, 0.05) is 57.1 Å². The highest BCUT2D eigenvalue weighted by atomic mass is 32.1. The Bertz CT molecular complexity index is 650. The Kier molecular flexibility index (Phi) is 5.33. The van der Waals surface area contributed by atoms with Gasteiger partial charge in [-0.1, -0.05) is 0 Å². The molecular formula is C16H23N5O3S. The molecule has 0 aromatic carbocycles. The number of hydrogen-bond donors (Lipinski definition) is 2. The first kappa shape index (κ1) is 17.8. The molecule has 8 nitrogen and oxygen atoms in total. The van der Waals surface area contributed by atoms with Crippen molar-refractivity contribution < 1.29 is 14.4 Å². The van der Waals surface area contributed by atoms with Crippen molar-refractivity contribution in [2.24, 2.45) is 0 Å². The number of aromatic nitrogens is 1. The van der Waals surface area contributed by atoms with E-state index in [1.165, 1.54) is 13.8 Å². The van der Waals surface area contributed by atoms with E-state index in [1.807, 2.05) is 10.3 Å². The Labute approximate surface area is 150 Å². The molecule has 0 aliphatic carbocycles. The molecule has 3 atom stereocenters. The van der Waals surface area contributed by atoms with E-state index in [0.29, 0.717) is 19.6 Å². The molecule has 2 aliphatic heterocycles. The van der Waals surface area contributed by atoms with Gasteiger partial charge in [0.15, 0.2) is 0 Å². The van der Waals surface area contributed by atoms with Crippen LogP contribution in [0.2, 0.25) is 0 Å². The molecule has 9 heteroatoms. The maximum atomic E-state index is 13.0. The maximum absolute atomic E-state index is 13.0. The van der Waals surface area contributed by atoms with E-state index in [1.54, 1.807) is 17.5 Å². The lowest BCUT2D eigenvalue weighted by Gasteiger charge is -2.42. The molecule has 2 fully saturated rings. The Morgan fingerprint density at radius 3 is 2.76 bits per heavy atom. The van der Waals surface area contributed by atoms with Crippen LogP contribution >= 0.6 is 11.3 Å². The van der Waals surface area contributed by atoms with Gasteiger partial charge in [0.05, 0.1) is 6.54 Å². The van der Waals surface area contributed by atoms with Gasteiger partial charge in [-0.15, -0.1) is 11.3 Å². The molecular weight excluding hydrogens is 342 g/mol. The van der Waals surface area contributed by atoms with E-state index in [-0.39, 0.29) is 36.3 Å². The molecule has 1 aromatic rings. The van der Waals surface area contributed by atoms with Crippen LogP contribution < -0.4 is 10.6 Å². The zero-order chi connectivity index (χ0) is 18.0. The number of thiazole rings is 1. The molecule has 1 aromatic heterocycles. The SMILES string of the molecule is CC(=O)NC[C@H]1C(=O)N2C[C@@H](NC(C)=O)C[C@H]2CN1Cc1nccs1. The average Bonchev–Trinajstić information content (AvgIpc) is 3.15. The third kappa shape index (κ3) is 4.16. The summed E-state index contributed by atoms with van der Waals surface area (Å²) >= 11 is 1.56. The summed E-state index contributed by atoms with van der Waals surface area (Å²) in [5.74, 6) is -0.220. The topological polar surface area (TPSA) is 94.6 Å². The minimum atomic E-state index is -0.403. The lowest BCUT2D eigenvalue weighted by atomic mass is 10.1. The van der Waals surface area contributed by atoms with Crippen LogP contribution in [0, 0.1) is 0 Å². The number of nitrogens with zero attached hydrogens (tertiary/aromatic N) is 3. The molecule has 136 valence electrons. The highest BCUT2D eigenvalue weighted by Gasteiger charge is 2.45. The van der Waals surface area contributed by atoms with E-state index in [4.69, 9.17) is 0 Å². The van der Waals surface area contributed by atoms with Gasteiger partial charge in [0.25, 0.3) is 0 Å². The summed E-state index contributed by atoms with van der Waals surface area (Å²) in [7, 11) is 0. The lowest BCUT2D eigenvalue weighted by Crippen LogP contribution is -2.62. The second-order valence-electron chi connectivity index (χ2n) is 6.59. The number of nitrogens with one attached hydrogen (secondary N) is 2. The predicted octanol–water partition coefficient (Wildman–Crippen LogP) is -0.431. The van der Waals surface area contributed by atoms with Crippen molar-refractivity contribution in [1.29, 1.82) is 0 Å². The lowest BCUT2D eigenvalue weighted by molar-refractivity contribution is -0.144. The molecule has 0 unspecified atom stereocenters. The monoisotopic (exact) mass is 365 g/mol. The summed E-state index contributed by atoms with van der Waals surface area (Å²) < 4.78 is 0. The Balaban J connectivity index is 1.74. The van der Waals surface area contributed by atoms with Gasteiger partial charge >= 0.3 is 0 Å². The van der Waals surface area contributed by atoms with Gasteiger partial charge in [-0.2, -0.15) is 0 Å². The molecule has 3 rings (SSSR count). The molecule has 2 saturated heterocycles. The molecule has 0 spiro atoms. The Hall–Kier alpha value is -2.00. The molecule has 25 heavy (non-hydrogen) atoms. The first-order valence-corrected chi connectivity index (χ1v) is 9.26. The molecule has 2 aliphatic rings. The molecule has 0 saturated carbocycles. The van der Waals surface area contributed by atoms with Gasteiger partial charge in [-0.3, -0.25) is 19.3 Å². The van der Waals surface area contributed by atoms with Crippen molar-refractivity contribution in [3.63, 3.8) is 0 Å². The largest absolute Gasteiger partial charge is 0.354 e. The first-order chi connectivity index (χ1) is 11.9. The van der Waals surface area contributed by atoms with E-state index in [2.05, 4.69) is 20.5 Å². The van der Waals surface area contributed by atoms with Gasteiger partial charge in [0.1, 0.15) is 11.0 Å². The molecule has 0 bridgehead atoms. The molecule has 3 heterocycles. The number of hydrogen-bond acceptors (Lipinski definition) is 6. The predicted molar refractivity (Wildman–Crippen MR) is 92.7 cm³/mol. The van der Waals surface area contributed by atoms with Crippen molar-refractivity contribution in [1.82, 2.24) is 25.4 Å². The fourth-order valence-electron chi connectivity index (χ4n) is 3.63. The van der Waals surface area contributed by atoms with Crippen LogP contribution in [0.1, 0.15) is 25.3 Å². The van der Waals surface area contributed by atoms with Crippen LogP contribution in [0.4, 0.5) is 0 Å². The Morgan fingerprint density at radius 1 is 1.32 bits per heavy atom. The number of piperazine rings is 1. The summed E-state index contributed by atoms with van der Waals surface area (Å²) in [6.45, 7) is 5.06. The van der Waals surface area contributed by atoms with Crippen molar-refractivity contribution in [3.8, 4) is 0 Å². The standard InChI is InChI=1S/C16H23N5O3S/c1-10(22)18-6-14-16(24)21-7-12(19-11(2)23)5-13(21)8-20(14)9-15-17-3-4-25-15/h3-4,12-14H,5-9H2,1-2H3,(H,18,22)(H,19,23)/t12-,13-,14-/m0/s1. The van der Waals surface area contributed by atoms with E-state index in [0.717, 1.165) is 11.4 Å². The minimum Gasteiger partial charge on any atom is -0.354 e. The third-order valence-corrected chi connectivity index (χ3v) is 5.41. The zero-order valence-corrected chi connectivity index (χ0v) is 15.2. The third-order valence-electron chi connectivity index (χ3n) is 4.64. The summed E-state index contributed by atoms with van der Waals surface area (Å²) in [4.78, 5) is 43.9. The molecule has 2 N–H and O–H groups in total. The number of fused-ring (bicyclic) bond motifs is 1. The summed E-state index contributed by atoms with van der Waals surface area (Å²) in [6, 6.07) is -0.328. The Morgan fingerprint density at radius 2 is 2.12 bits per heavy atom. The van der Waals surface area contributed by atoms with Crippen LogP contribution in [0.15, 0.2) is 11.6 Å². The number of amides is 3. The zero-order valence-electron chi connectivity index (χ0n) is 14.4. The smallest absolute Gasteiger partial charge is 0.242 e. The average molecular weight is 365 g/mol. The van der Waals surface area contributed by atoms with Crippen LogP contribution in [0.25, 0.3) is 0 Å². The van der Waals surface area contributed by atoms with Crippen molar-refractivity contribution >= 4 is 29.1 Å². The normalized spacial score (nSPS) is 26.4. The quantitative estimate of drug-likeness (QED) is 0.738. The molecule has 0 radical (unpaired) electrons. The van der Waals surface area contributed by atoms with Crippen LogP contribution in [0.3, 0.4) is 0 Å². The van der Waals surface area contributed by atoms with Crippen LogP contribution in [0.5, 0.6) is 0 Å². The highest BCUT2D eigenvalue weighted by Crippen LogP contribution is 2.27. The summed E-state index contributed by atoms with van der Waals surface area (Å²) in [6.07, 6.45) is 2.51. The summed E-state index contributed by atoms with van der Waals surface area (Å²) in [5, 5.41) is 8.54. The fraction of sp³-hybridized carbons (Fsp3) is 0.625. The van der Waals surface area contributed by atoms with Crippen molar-refractivity contribution in [2.45, 2.75) is 44.9 Å². The van der Waals surface area contributed by atoms with Gasteiger partial charge in [-0.25, -0.2) is 4.98 Å². The fourth-order valence-corrected chi connectivity index (χ4v) is 4.27. The first-order valence-electron chi connectivity index (χ1n) is 8.38. The van der Waals surface area contributed by atoms with E-state index < -0.39 is 6.04 Å². The van der Waals surface area contributed by atoms with Crippen molar-refractivity contribution in [3.05, 3.63) is 16.6 Å². The molecule has 3 amide bonds. The van der Waals surface area contributed by atoms with Crippen molar-refractivity contribution in [2.75, 3.05) is 19.6 Å². The summed E-state index contributed by atoms with van der Waals surface area (Å²) in [5.41, 5.74) is 0. The van der Waals surface area contributed by atoms with Gasteiger partial charge < -0.3 is 15.5 Å². The highest BCUT2D eigenvalue weighted by molar-refractivity contribution is 7.09. The van der Waals surface area contributed by atoms with E-state index in [9.17, 15) is 14.4 Å². The number of carbonyl (C=O) groups excluding carboxylic acids is 3. The van der Waals surface area contributed by atoms with Gasteiger partial charge in [0.2, 0.25) is 17.7 Å². The second-order valence-corrected chi connectivity index (χ2v) is 7.56. The van der Waals surface area contributed by atoms with E-state index >= 15 is 0 Å². The van der Waals surface area contributed by atoms with Crippen LogP contribution in [-0.4, -0.2) is 70.3 Å².